The van der Waals surface area contributed by atoms with Gasteiger partial charge in [-0.05, 0) is 0 Å². The van der Waals surface area contributed by atoms with Crippen molar-refractivity contribution in [1.29, 1.82) is 5.41 Å². The fraction of sp³-hybridized carbons (Fsp3) is 0. The van der Waals surface area contributed by atoms with E-state index in [9.17, 15) is 0 Å². The second-order valence-electron chi connectivity index (χ2n) is 1.57. The summed E-state index contributed by atoms with van der Waals surface area (Å²) in [6, 6.07) is 0. The largest absolute Gasteiger partial charge is 0.386 e. The molecule has 0 fully saturated rings. The van der Waals surface area contributed by atoms with E-state index in [1.165, 1.54) is 6.08 Å². The summed E-state index contributed by atoms with van der Waals surface area (Å²) in [5.74, 6) is -0.329. The van der Waals surface area contributed by atoms with Crippen molar-refractivity contribution in [3.63, 3.8) is 0 Å². The fourth-order valence-corrected chi connectivity index (χ4v) is 0.342. The molecule has 0 atom stereocenters. The zero-order chi connectivity index (χ0) is 8.15. The first kappa shape index (κ1) is 8.28. The highest BCUT2D eigenvalue weighted by Crippen LogP contribution is 1.73. The third-order valence-corrected chi connectivity index (χ3v) is 0.564. The van der Waals surface area contributed by atoms with Gasteiger partial charge in [0.05, 0.1) is 5.82 Å². The average molecular weight is 142 g/mol. The summed E-state index contributed by atoms with van der Waals surface area (Å²) >= 11 is 0. The number of nitrogens with one attached hydrogen (secondary N) is 1. The number of nitrogens with zero attached hydrogens (tertiary/aromatic N) is 1. The first-order valence-electron chi connectivity index (χ1n) is 2.43. The first-order chi connectivity index (χ1) is 4.52. The third-order valence-electron chi connectivity index (χ3n) is 0.564. The number of hydrogen-bond donors (Lipinski definition) is 5. The molecule has 6 nitrogen and oxygen atoms in total. The lowest BCUT2D eigenvalue weighted by molar-refractivity contribution is 1.25. The second-order valence-corrected chi connectivity index (χ2v) is 1.57. The molecule has 0 aromatic heterocycles. The van der Waals surface area contributed by atoms with Crippen LogP contribution in [-0.2, 0) is 0 Å². The van der Waals surface area contributed by atoms with Crippen molar-refractivity contribution in [1.82, 2.24) is 0 Å². The van der Waals surface area contributed by atoms with E-state index in [0.717, 1.165) is 0 Å². The highest BCUT2D eigenvalue weighted by atomic mass is 15.0. The lowest BCUT2D eigenvalue weighted by atomic mass is 10.5. The van der Waals surface area contributed by atoms with Gasteiger partial charge in [-0.25, -0.2) is 0 Å². The van der Waals surface area contributed by atoms with Crippen molar-refractivity contribution in [3.05, 3.63) is 11.9 Å². The van der Waals surface area contributed by atoms with Gasteiger partial charge in [0.2, 0.25) is 5.96 Å². The molecule has 10 heavy (non-hydrogen) atoms. The van der Waals surface area contributed by atoms with Crippen molar-refractivity contribution in [3.8, 4) is 0 Å². The molecule has 0 aromatic rings. The van der Waals surface area contributed by atoms with Gasteiger partial charge >= 0.3 is 0 Å². The molecule has 0 radical (unpaired) electrons. The minimum Gasteiger partial charge on any atom is -0.386 e. The monoisotopic (exact) mass is 142 g/mol. The van der Waals surface area contributed by atoms with E-state index in [1.54, 1.807) is 0 Å². The van der Waals surface area contributed by atoms with Crippen molar-refractivity contribution < 1.29 is 0 Å². The number of aliphatic imine (C=N–C) groups is 1. The van der Waals surface area contributed by atoms with E-state index in [2.05, 4.69) is 4.99 Å². The smallest absolute Gasteiger partial charge is 0.214 e. The summed E-state index contributed by atoms with van der Waals surface area (Å²) in [6.45, 7) is 0. The Labute approximate surface area is 58.1 Å². The molecule has 0 rings (SSSR count). The molecule has 0 amide bonds. The number of nitrogens with two attached hydrogens (primary N) is 4. The van der Waals surface area contributed by atoms with Gasteiger partial charge in [-0.2, -0.15) is 4.99 Å². The van der Waals surface area contributed by atoms with Crippen molar-refractivity contribution >= 4 is 11.8 Å². The summed E-state index contributed by atoms with van der Waals surface area (Å²) in [5, 5.41) is 6.67. The summed E-state index contributed by atoms with van der Waals surface area (Å²) in [6.07, 6.45) is 1.21. The summed E-state index contributed by atoms with van der Waals surface area (Å²) in [4.78, 5) is 3.34. The minimum atomic E-state index is -0.380. The van der Waals surface area contributed by atoms with Gasteiger partial charge in [-0.15, -0.1) is 0 Å². The number of hydrogen-bond acceptors (Lipinski definition) is 3. The molecular formula is C4H10N6. The molecule has 0 heterocycles. The molecule has 0 aliphatic rings. The van der Waals surface area contributed by atoms with Crippen LogP contribution in [0.4, 0.5) is 0 Å². The molecule has 0 aliphatic carbocycles. The molecule has 56 valence electrons. The van der Waals surface area contributed by atoms with Crippen LogP contribution in [0.2, 0.25) is 0 Å². The van der Waals surface area contributed by atoms with E-state index in [1.807, 2.05) is 0 Å². The van der Waals surface area contributed by atoms with E-state index in [-0.39, 0.29) is 17.6 Å². The van der Waals surface area contributed by atoms with Crippen LogP contribution >= 0.6 is 0 Å². The minimum absolute atomic E-state index is 0.0208. The molecule has 0 unspecified atom stereocenters. The van der Waals surface area contributed by atoms with Gasteiger partial charge in [0.25, 0.3) is 0 Å². The van der Waals surface area contributed by atoms with Crippen LogP contribution in [-0.4, -0.2) is 11.8 Å². The van der Waals surface area contributed by atoms with E-state index >= 15 is 0 Å². The fourth-order valence-electron chi connectivity index (χ4n) is 0.342. The standard InChI is InChI=1S/C4H10N6/c5-2(6)1-3(7)10-4(8)9/h1H,5-6H2,(H5,7,8,9,10). The Balaban J connectivity index is 4.22. The molecule has 0 bridgehead atoms. The highest BCUT2D eigenvalue weighted by Gasteiger charge is 1.86. The predicted molar refractivity (Wildman–Crippen MR) is 40.0 cm³/mol. The van der Waals surface area contributed by atoms with E-state index < -0.39 is 0 Å². The zero-order valence-electron chi connectivity index (χ0n) is 5.33. The Bertz CT molecular complexity index is 186. The van der Waals surface area contributed by atoms with E-state index in [0.29, 0.717) is 0 Å². The Morgan fingerprint density at radius 2 is 1.70 bits per heavy atom. The molecule has 9 N–H and O–H groups in total. The first-order valence-corrected chi connectivity index (χ1v) is 2.43. The normalized spacial score (nSPS) is 10.6. The quantitative estimate of drug-likeness (QED) is 0.213. The van der Waals surface area contributed by atoms with Crippen LogP contribution < -0.4 is 22.9 Å². The third kappa shape index (κ3) is 4.44. The maximum absolute atomic E-state index is 6.67. The summed E-state index contributed by atoms with van der Waals surface area (Å²) < 4.78 is 0. The van der Waals surface area contributed by atoms with Gasteiger partial charge in [-0.1, -0.05) is 0 Å². The van der Waals surface area contributed by atoms with Gasteiger partial charge in [0, 0.05) is 6.08 Å². The topological polar surface area (TPSA) is 140 Å². The van der Waals surface area contributed by atoms with Crippen LogP contribution in [0.1, 0.15) is 0 Å². The van der Waals surface area contributed by atoms with Crippen LogP contribution in [0.5, 0.6) is 0 Å². The van der Waals surface area contributed by atoms with Crippen LogP contribution in [0.3, 0.4) is 0 Å². The summed E-state index contributed by atoms with van der Waals surface area (Å²) in [7, 11) is 0. The average Bonchev–Trinajstić information content (AvgIpc) is 1.58. The Morgan fingerprint density at radius 3 is 2.00 bits per heavy atom. The van der Waals surface area contributed by atoms with Crippen molar-refractivity contribution in [2.45, 2.75) is 0 Å². The second kappa shape index (κ2) is 3.33. The number of guanidine groups is 1. The van der Waals surface area contributed by atoms with Gasteiger partial charge in [0.1, 0.15) is 5.84 Å². The predicted octanol–water partition coefficient (Wildman–Crippen LogP) is -2.00. The summed E-state index contributed by atoms with van der Waals surface area (Å²) in [5.41, 5.74) is 20.1. The highest BCUT2D eigenvalue weighted by molar-refractivity contribution is 5.99. The molecule has 0 saturated heterocycles. The molecule has 0 saturated carbocycles. The molecule has 0 spiro atoms. The maximum Gasteiger partial charge on any atom is 0.214 e. The zero-order valence-corrected chi connectivity index (χ0v) is 5.33. The van der Waals surface area contributed by atoms with Crippen LogP contribution in [0.25, 0.3) is 0 Å². The Hall–Kier alpha value is -1.72. The van der Waals surface area contributed by atoms with Gasteiger partial charge in [0.15, 0.2) is 0 Å². The molecule has 0 aromatic carbocycles. The number of rotatable bonds is 1. The molecule has 6 heteroatoms. The van der Waals surface area contributed by atoms with Crippen molar-refractivity contribution in [2.24, 2.45) is 27.9 Å². The van der Waals surface area contributed by atoms with Crippen LogP contribution in [0, 0.1) is 5.41 Å². The van der Waals surface area contributed by atoms with Gasteiger partial charge in [-0.3, -0.25) is 5.41 Å². The lowest BCUT2D eigenvalue weighted by Crippen LogP contribution is -2.19. The number of amidine groups is 1. The molecular weight excluding hydrogens is 132 g/mol. The molecule has 0 aliphatic heterocycles. The van der Waals surface area contributed by atoms with Crippen molar-refractivity contribution in [2.75, 3.05) is 0 Å². The SMILES string of the molecule is N=C(N)N=C(N)C=C(N)N. The van der Waals surface area contributed by atoms with Gasteiger partial charge < -0.3 is 22.9 Å². The Kier molecular flexibility index (Phi) is 2.76. The van der Waals surface area contributed by atoms with E-state index in [4.69, 9.17) is 28.3 Å². The maximum atomic E-state index is 6.67. The lowest BCUT2D eigenvalue weighted by Gasteiger charge is -1.91. The van der Waals surface area contributed by atoms with Crippen LogP contribution in [0.15, 0.2) is 16.9 Å². The Morgan fingerprint density at radius 1 is 1.20 bits per heavy atom.